The molecular weight excluding hydrogens is 266 g/mol. The Bertz CT molecular complexity index is 1000. The van der Waals surface area contributed by atoms with Crippen LogP contribution in [0.25, 0.3) is 27.9 Å². The highest BCUT2D eigenvalue weighted by Gasteiger charge is 2.15. The van der Waals surface area contributed by atoms with Gasteiger partial charge in [-0.2, -0.15) is 0 Å². The molecule has 0 saturated heterocycles. The molecule has 0 N–H and O–H groups in total. The fourth-order valence-electron chi connectivity index (χ4n) is 2.92. The summed E-state index contributed by atoms with van der Waals surface area (Å²) in [6.07, 6.45) is 9.26. The van der Waals surface area contributed by atoms with Crippen molar-refractivity contribution in [3.8, 4) is 0 Å². The first-order valence-corrected chi connectivity index (χ1v) is 6.76. The number of pyridine rings is 3. The van der Waals surface area contributed by atoms with Crippen LogP contribution >= 0.6 is 0 Å². The van der Waals surface area contributed by atoms with E-state index in [2.05, 4.69) is 9.97 Å². The minimum Gasteiger partial charge on any atom is -0.378 e. The van der Waals surface area contributed by atoms with Gasteiger partial charge in [-0.25, -0.2) is 0 Å². The molecule has 0 radical (unpaired) electrons. The molecule has 0 aromatic carbocycles. The highest BCUT2D eigenvalue weighted by atomic mass is 16.5. The summed E-state index contributed by atoms with van der Waals surface area (Å²) < 4.78 is 7.17. The molecule has 3 aromatic rings. The molecule has 104 valence electrons. The van der Waals surface area contributed by atoms with Gasteiger partial charge in [-0.15, -0.1) is 0 Å². The van der Waals surface area contributed by atoms with E-state index in [1.807, 2.05) is 22.8 Å². The number of fused-ring (bicyclic) bond motifs is 2. The molecule has 21 heavy (non-hydrogen) atoms. The van der Waals surface area contributed by atoms with Crippen molar-refractivity contribution in [3.05, 3.63) is 51.9 Å². The normalized spacial score (nSPS) is 13.6. The van der Waals surface area contributed by atoms with Gasteiger partial charge in [0, 0.05) is 30.6 Å². The summed E-state index contributed by atoms with van der Waals surface area (Å²) in [7, 11) is 1.62. The Morgan fingerprint density at radius 1 is 1.38 bits per heavy atom. The van der Waals surface area contributed by atoms with E-state index in [0.717, 1.165) is 22.1 Å². The second-order valence-electron chi connectivity index (χ2n) is 5.03. The summed E-state index contributed by atoms with van der Waals surface area (Å²) in [5.41, 5.74) is 2.47. The number of hydrogen-bond donors (Lipinski definition) is 0. The minimum atomic E-state index is 0.0359. The van der Waals surface area contributed by atoms with Crippen molar-refractivity contribution in [2.75, 3.05) is 7.11 Å². The Balaban J connectivity index is 2.28. The third-order valence-electron chi connectivity index (χ3n) is 3.84. The Morgan fingerprint density at radius 2 is 2.29 bits per heavy atom. The van der Waals surface area contributed by atoms with E-state index in [-0.39, 0.29) is 5.43 Å². The number of ether oxygens (including phenoxy) is 1. The Labute approximate surface area is 120 Å². The Kier molecular flexibility index (Phi) is 2.62. The van der Waals surface area contributed by atoms with Crippen molar-refractivity contribution in [1.82, 2.24) is 14.5 Å². The molecule has 1 aliphatic heterocycles. The van der Waals surface area contributed by atoms with Gasteiger partial charge in [0.05, 0.1) is 34.9 Å². The quantitative estimate of drug-likeness (QED) is 0.706. The van der Waals surface area contributed by atoms with Crippen LogP contribution in [-0.4, -0.2) is 21.6 Å². The van der Waals surface area contributed by atoms with Gasteiger partial charge < -0.3 is 9.30 Å². The van der Waals surface area contributed by atoms with Gasteiger partial charge in [0.25, 0.3) is 0 Å². The smallest absolute Gasteiger partial charge is 0.210 e. The van der Waals surface area contributed by atoms with Gasteiger partial charge >= 0.3 is 0 Å². The lowest BCUT2D eigenvalue weighted by molar-refractivity contribution is 0.182. The van der Waals surface area contributed by atoms with Gasteiger partial charge in [-0.05, 0) is 12.1 Å². The van der Waals surface area contributed by atoms with Crippen molar-refractivity contribution >= 4 is 27.9 Å². The summed E-state index contributed by atoms with van der Waals surface area (Å²) in [4.78, 5) is 21.6. The zero-order chi connectivity index (χ0) is 14.4. The van der Waals surface area contributed by atoms with E-state index in [1.165, 1.54) is 0 Å². The predicted molar refractivity (Wildman–Crippen MR) is 80.8 cm³/mol. The van der Waals surface area contributed by atoms with Crippen LogP contribution in [0.5, 0.6) is 0 Å². The van der Waals surface area contributed by atoms with Crippen molar-refractivity contribution < 1.29 is 4.74 Å². The summed E-state index contributed by atoms with van der Waals surface area (Å²) in [5.74, 6) is 0. The van der Waals surface area contributed by atoms with Crippen LogP contribution in [0.15, 0.2) is 35.4 Å². The summed E-state index contributed by atoms with van der Waals surface area (Å²) in [5, 5.41) is 2.25. The summed E-state index contributed by atoms with van der Waals surface area (Å²) in [6.45, 7) is 1.05. The molecule has 5 nitrogen and oxygen atoms in total. The molecule has 0 fully saturated rings. The molecule has 0 spiro atoms. The third kappa shape index (κ3) is 1.64. The van der Waals surface area contributed by atoms with Crippen molar-refractivity contribution in [1.29, 1.82) is 0 Å². The van der Waals surface area contributed by atoms with Crippen LogP contribution in [-0.2, 0) is 17.9 Å². The first-order valence-electron chi connectivity index (χ1n) is 6.76. The Morgan fingerprint density at radius 3 is 3.14 bits per heavy atom. The van der Waals surface area contributed by atoms with E-state index in [1.54, 1.807) is 25.6 Å². The maximum absolute atomic E-state index is 12.7. The zero-order valence-corrected chi connectivity index (χ0v) is 11.5. The Hall–Kier alpha value is -2.53. The number of aromatic nitrogens is 3. The lowest BCUT2D eigenvalue weighted by atomic mass is 10.1. The van der Waals surface area contributed by atoms with Crippen LogP contribution in [0.2, 0.25) is 0 Å². The fraction of sp³-hybridized carbons (Fsp3) is 0.188. The largest absolute Gasteiger partial charge is 0.378 e. The van der Waals surface area contributed by atoms with E-state index in [9.17, 15) is 4.79 Å². The molecule has 0 saturated carbocycles. The van der Waals surface area contributed by atoms with E-state index in [4.69, 9.17) is 4.74 Å². The number of rotatable bonds is 2. The van der Waals surface area contributed by atoms with E-state index >= 15 is 0 Å². The molecule has 0 amide bonds. The summed E-state index contributed by atoms with van der Waals surface area (Å²) >= 11 is 0. The second-order valence-corrected chi connectivity index (χ2v) is 5.03. The first-order chi connectivity index (χ1) is 10.3. The monoisotopic (exact) mass is 279 g/mol. The molecule has 4 heterocycles. The van der Waals surface area contributed by atoms with Crippen molar-refractivity contribution in [3.63, 3.8) is 0 Å². The molecule has 0 aliphatic carbocycles. The average molecular weight is 279 g/mol. The lowest BCUT2D eigenvalue weighted by Crippen LogP contribution is -2.36. The molecule has 0 atom stereocenters. The topological polar surface area (TPSA) is 57.0 Å². The molecular formula is C16H13N3O2. The molecule has 3 aromatic heterocycles. The maximum atomic E-state index is 12.7. The SMILES string of the molecule is COCc1ncc2c3c1nccc3c(=O)c1n2CC=CC=1. The summed E-state index contributed by atoms with van der Waals surface area (Å²) in [6, 6.07) is 1.78. The lowest BCUT2D eigenvalue weighted by Gasteiger charge is -2.15. The second kappa shape index (κ2) is 4.49. The highest BCUT2D eigenvalue weighted by Crippen LogP contribution is 2.24. The number of hydrogen-bond acceptors (Lipinski definition) is 4. The van der Waals surface area contributed by atoms with E-state index < -0.39 is 0 Å². The fourth-order valence-corrected chi connectivity index (χ4v) is 2.92. The highest BCUT2D eigenvalue weighted by molar-refractivity contribution is 6.07. The van der Waals surface area contributed by atoms with Crippen molar-refractivity contribution in [2.24, 2.45) is 0 Å². The zero-order valence-electron chi connectivity index (χ0n) is 11.5. The van der Waals surface area contributed by atoms with Crippen LogP contribution in [0.3, 0.4) is 0 Å². The molecule has 0 bridgehead atoms. The molecule has 1 aliphatic rings. The van der Waals surface area contributed by atoms with Gasteiger partial charge in [0.15, 0.2) is 0 Å². The molecule has 4 rings (SSSR count). The minimum absolute atomic E-state index is 0.0359. The van der Waals surface area contributed by atoms with Crippen LogP contribution in [0.4, 0.5) is 0 Å². The van der Waals surface area contributed by atoms with Gasteiger partial charge in [0.2, 0.25) is 5.43 Å². The van der Waals surface area contributed by atoms with Gasteiger partial charge in [0.1, 0.15) is 0 Å². The van der Waals surface area contributed by atoms with Crippen LogP contribution < -0.4 is 10.8 Å². The third-order valence-corrected chi connectivity index (χ3v) is 3.84. The van der Waals surface area contributed by atoms with Gasteiger partial charge in [-0.3, -0.25) is 14.8 Å². The average Bonchev–Trinajstić information content (AvgIpc) is 2.54. The predicted octanol–water partition coefficient (Wildman–Crippen LogP) is 1.16. The molecule has 5 heteroatoms. The maximum Gasteiger partial charge on any atom is 0.210 e. The van der Waals surface area contributed by atoms with E-state index in [0.29, 0.717) is 23.9 Å². The molecule has 0 unspecified atom stereocenters. The van der Waals surface area contributed by atoms with Crippen molar-refractivity contribution in [2.45, 2.75) is 13.2 Å². The van der Waals surface area contributed by atoms with Gasteiger partial charge in [-0.1, -0.05) is 12.2 Å². The number of allylic oxidation sites excluding steroid dienone is 2. The van der Waals surface area contributed by atoms with Crippen LogP contribution in [0, 0.1) is 0 Å². The number of nitrogens with zero attached hydrogens (tertiary/aromatic N) is 3. The number of methoxy groups -OCH3 is 1. The van der Waals surface area contributed by atoms with Crippen LogP contribution in [0.1, 0.15) is 5.69 Å². The standard InChI is InChI=1S/C16H13N3O2/c1-21-9-11-15-14-10(5-6-17-15)16(20)12-4-2-3-7-19(12)13(14)8-18-11/h2-6,8H,7,9H2,1H3. The first kappa shape index (κ1) is 12.2.